The largest absolute Gasteiger partial charge is 0.494 e. The van der Waals surface area contributed by atoms with Crippen LogP contribution in [-0.4, -0.2) is 17.4 Å². The van der Waals surface area contributed by atoms with E-state index >= 15 is 0 Å². The molecule has 1 rings (SSSR count). The van der Waals surface area contributed by atoms with E-state index in [4.69, 9.17) is 10.6 Å². The number of unbranched alkanes of at least 4 members (excludes halogenated alkanes) is 2. The third-order valence-corrected chi connectivity index (χ3v) is 2.53. The van der Waals surface area contributed by atoms with Gasteiger partial charge in [0.25, 0.3) is 5.69 Å². The molecule has 0 atom stereocenters. The number of amides is 1. The molecule has 7 nitrogen and oxygen atoms in total. The highest BCUT2D eigenvalue weighted by molar-refractivity contribution is 5.75. The van der Waals surface area contributed by atoms with E-state index in [1.54, 1.807) is 12.1 Å². The van der Waals surface area contributed by atoms with Gasteiger partial charge in [-0.1, -0.05) is 0 Å². The van der Waals surface area contributed by atoms with Crippen molar-refractivity contribution in [2.75, 3.05) is 6.61 Å². The van der Waals surface area contributed by atoms with Gasteiger partial charge < -0.3 is 4.74 Å². The molecule has 0 spiro atoms. The van der Waals surface area contributed by atoms with Gasteiger partial charge in [0, 0.05) is 18.6 Å². The molecule has 1 aromatic rings. The third-order valence-electron chi connectivity index (χ3n) is 2.53. The fourth-order valence-electron chi connectivity index (χ4n) is 1.49. The van der Waals surface area contributed by atoms with Crippen LogP contribution in [0.5, 0.6) is 5.75 Å². The topological polar surface area (TPSA) is 107 Å². The summed E-state index contributed by atoms with van der Waals surface area (Å²) in [6.07, 6.45) is 2.84. The lowest BCUT2D eigenvalue weighted by atomic mass is 10.2. The smallest absolute Gasteiger partial charge is 0.269 e. The lowest BCUT2D eigenvalue weighted by molar-refractivity contribution is -0.384. The van der Waals surface area contributed by atoms with Crippen LogP contribution in [0.25, 0.3) is 0 Å². The van der Waals surface area contributed by atoms with Gasteiger partial charge in [0.15, 0.2) is 0 Å². The minimum atomic E-state index is -0.452. The number of rotatable bonds is 8. The monoisotopic (exact) mass is 267 g/mol. The number of benzene rings is 1. The molecule has 0 fully saturated rings. The molecule has 0 radical (unpaired) electrons. The van der Waals surface area contributed by atoms with Crippen molar-refractivity contribution in [2.45, 2.75) is 25.7 Å². The summed E-state index contributed by atoms with van der Waals surface area (Å²) in [5.74, 6) is 5.38. The average molecular weight is 267 g/mol. The first kappa shape index (κ1) is 14.9. The molecular formula is C12H17N3O4. The zero-order valence-electron chi connectivity index (χ0n) is 10.5. The number of nitrogens with two attached hydrogens (primary N) is 1. The molecule has 3 N–H and O–H groups in total. The van der Waals surface area contributed by atoms with Gasteiger partial charge in [-0.3, -0.25) is 20.3 Å². The number of hydrogen-bond acceptors (Lipinski definition) is 5. The first-order valence-corrected chi connectivity index (χ1v) is 6.00. The number of nitro groups is 1. The first-order valence-electron chi connectivity index (χ1n) is 6.00. The number of non-ortho nitro benzene ring substituents is 1. The predicted octanol–water partition coefficient (Wildman–Crippen LogP) is 1.52. The van der Waals surface area contributed by atoms with Crippen molar-refractivity contribution in [3.63, 3.8) is 0 Å². The van der Waals surface area contributed by atoms with E-state index in [0.717, 1.165) is 19.3 Å². The average Bonchev–Trinajstić information content (AvgIpc) is 2.42. The van der Waals surface area contributed by atoms with Crippen LogP contribution >= 0.6 is 0 Å². The SMILES string of the molecule is NNC(=O)CCCCCOc1ccc([N+](=O)[O-])cc1. The maximum atomic E-state index is 10.8. The number of carbonyl (C=O) groups is 1. The van der Waals surface area contributed by atoms with Gasteiger partial charge in [0.2, 0.25) is 5.91 Å². The van der Waals surface area contributed by atoms with Gasteiger partial charge in [0.1, 0.15) is 5.75 Å². The third kappa shape index (κ3) is 5.82. The second kappa shape index (κ2) is 8.04. The summed E-state index contributed by atoms with van der Waals surface area (Å²) in [6, 6.07) is 5.95. The van der Waals surface area contributed by atoms with E-state index in [-0.39, 0.29) is 11.6 Å². The lowest BCUT2D eigenvalue weighted by Crippen LogP contribution is -2.29. The van der Waals surface area contributed by atoms with Crippen molar-refractivity contribution >= 4 is 11.6 Å². The second-order valence-electron chi connectivity index (χ2n) is 3.98. The van der Waals surface area contributed by atoms with E-state index in [1.165, 1.54) is 12.1 Å². The molecule has 0 aromatic heterocycles. The highest BCUT2D eigenvalue weighted by Crippen LogP contribution is 2.17. The summed E-state index contributed by atoms with van der Waals surface area (Å²) in [5, 5.41) is 10.4. The minimum Gasteiger partial charge on any atom is -0.494 e. The van der Waals surface area contributed by atoms with E-state index in [1.807, 2.05) is 0 Å². The molecular weight excluding hydrogens is 250 g/mol. The van der Waals surface area contributed by atoms with Gasteiger partial charge in [-0.15, -0.1) is 0 Å². The Labute approximate surface area is 110 Å². The molecule has 0 saturated heterocycles. The maximum Gasteiger partial charge on any atom is 0.269 e. The van der Waals surface area contributed by atoms with Crippen LogP contribution < -0.4 is 16.0 Å². The second-order valence-corrected chi connectivity index (χ2v) is 3.98. The molecule has 0 unspecified atom stereocenters. The molecule has 1 aromatic carbocycles. The Morgan fingerprint density at radius 2 is 1.95 bits per heavy atom. The van der Waals surface area contributed by atoms with Crippen molar-refractivity contribution in [2.24, 2.45) is 5.84 Å². The summed E-state index contributed by atoms with van der Waals surface area (Å²) >= 11 is 0. The predicted molar refractivity (Wildman–Crippen MR) is 69.4 cm³/mol. The van der Waals surface area contributed by atoms with Crippen molar-refractivity contribution in [3.8, 4) is 5.75 Å². The van der Waals surface area contributed by atoms with Crippen molar-refractivity contribution in [3.05, 3.63) is 34.4 Å². The Balaban J connectivity index is 2.15. The van der Waals surface area contributed by atoms with Gasteiger partial charge in [0.05, 0.1) is 11.5 Å². The summed E-state index contributed by atoms with van der Waals surface area (Å²) in [6.45, 7) is 0.516. The number of hydrogen-bond donors (Lipinski definition) is 2. The highest BCUT2D eigenvalue weighted by Gasteiger charge is 2.04. The Kier molecular flexibility index (Phi) is 6.31. The zero-order chi connectivity index (χ0) is 14.1. The van der Waals surface area contributed by atoms with Crippen molar-refractivity contribution in [1.29, 1.82) is 0 Å². The minimum absolute atomic E-state index is 0.0418. The molecule has 0 aliphatic rings. The van der Waals surface area contributed by atoms with Crippen LogP contribution in [0.4, 0.5) is 5.69 Å². The zero-order valence-corrected chi connectivity index (χ0v) is 10.5. The van der Waals surface area contributed by atoms with Crippen LogP contribution in [0, 0.1) is 10.1 Å². The van der Waals surface area contributed by atoms with Crippen molar-refractivity contribution < 1.29 is 14.5 Å². The van der Waals surface area contributed by atoms with Crippen LogP contribution in [0.1, 0.15) is 25.7 Å². The molecule has 0 aliphatic carbocycles. The van der Waals surface area contributed by atoms with Gasteiger partial charge in [-0.2, -0.15) is 0 Å². The molecule has 0 aliphatic heterocycles. The fourth-order valence-corrected chi connectivity index (χ4v) is 1.49. The molecule has 0 bridgehead atoms. The molecule has 7 heteroatoms. The molecule has 0 heterocycles. The molecule has 104 valence electrons. The first-order chi connectivity index (χ1) is 9.13. The van der Waals surface area contributed by atoms with Crippen LogP contribution in [0.2, 0.25) is 0 Å². The van der Waals surface area contributed by atoms with Crippen LogP contribution in [0.3, 0.4) is 0 Å². The summed E-state index contributed by atoms with van der Waals surface area (Å²) in [5.41, 5.74) is 2.11. The number of hydrazine groups is 1. The quantitative estimate of drug-likeness (QED) is 0.244. The number of nitrogens with one attached hydrogen (secondary N) is 1. The standard InChI is InChI=1S/C12H17N3O4/c13-14-12(16)4-2-1-3-9-19-11-7-5-10(6-8-11)15(17)18/h5-8H,1-4,9,13H2,(H,14,16). The van der Waals surface area contributed by atoms with E-state index in [2.05, 4.69) is 5.43 Å². The Hall–Kier alpha value is -2.15. The van der Waals surface area contributed by atoms with E-state index < -0.39 is 4.92 Å². The van der Waals surface area contributed by atoms with Crippen molar-refractivity contribution in [1.82, 2.24) is 5.43 Å². The van der Waals surface area contributed by atoms with Crippen LogP contribution in [-0.2, 0) is 4.79 Å². The summed E-state index contributed by atoms with van der Waals surface area (Å²) in [7, 11) is 0. The van der Waals surface area contributed by atoms with E-state index in [9.17, 15) is 14.9 Å². The Morgan fingerprint density at radius 3 is 2.53 bits per heavy atom. The highest BCUT2D eigenvalue weighted by atomic mass is 16.6. The van der Waals surface area contributed by atoms with E-state index in [0.29, 0.717) is 18.8 Å². The number of ether oxygens (including phenoxy) is 1. The van der Waals surface area contributed by atoms with Crippen LogP contribution in [0.15, 0.2) is 24.3 Å². The number of nitro benzene ring substituents is 1. The Bertz CT molecular complexity index is 419. The molecule has 1 amide bonds. The van der Waals surface area contributed by atoms with Gasteiger partial charge >= 0.3 is 0 Å². The Morgan fingerprint density at radius 1 is 1.26 bits per heavy atom. The summed E-state index contributed by atoms with van der Waals surface area (Å²) in [4.78, 5) is 20.8. The number of nitrogens with zero attached hydrogens (tertiary/aromatic N) is 1. The summed E-state index contributed by atoms with van der Waals surface area (Å²) < 4.78 is 5.43. The van der Waals surface area contributed by atoms with Gasteiger partial charge in [-0.25, -0.2) is 5.84 Å². The number of carbonyl (C=O) groups excluding carboxylic acids is 1. The normalized spacial score (nSPS) is 9.95. The maximum absolute atomic E-state index is 10.8. The molecule has 19 heavy (non-hydrogen) atoms. The molecule has 0 saturated carbocycles. The lowest BCUT2D eigenvalue weighted by Gasteiger charge is -2.05. The fraction of sp³-hybridized carbons (Fsp3) is 0.417. The van der Waals surface area contributed by atoms with Gasteiger partial charge in [-0.05, 0) is 31.4 Å².